The fraction of sp³-hybridized carbons (Fsp3) is 0.273. The molecule has 1 aromatic rings. The van der Waals surface area contributed by atoms with Gasteiger partial charge in [-0.3, -0.25) is 14.5 Å². The first kappa shape index (κ1) is 11.8. The van der Waals surface area contributed by atoms with Crippen LogP contribution in [0.2, 0.25) is 0 Å². The van der Waals surface area contributed by atoms with Crippen molar-refractivity contribution in [2.45, 2.75) is 4.90 Å². The smallest absolute Gasteiger partial charge is 0.323 e. The first-order valence-corrected chi connectivity index (χ1v) is 6.07. The van der Waals surface area contributed by atoms with Gasteiger partial charge in [-0.25, -0.2) is 0 Å². The summed E-state index contributed by atoms with van der Waals surface area (Å²) >= 11 is 1.43. The second-order valence-electron chi connectivity index (χ2n) is 3.59. The van der Waals surface area contributed by atoms with Crippen LogP contribution in [0.15, 0.2) is 23.1 Å². The first-order chi connectivity index (χ1) is 8.11. The van der Waals surface area contributed by atoms with Crippen LogP contribution in [0.5, 0.6) is 0 Å². The van der Waals surface area contributed by atoms with Crippen molar-refractivity contribution in [3.63, 3.8) is 0 Å². The summed E-state index contributed by atoms with van der Waals surface area (Å²) in [4.78, 5) is 24.7. The molecule has 0 spiro atoms. The van der Waals surface area contributed by atoms with E-state index >= 15 is 0 Å². The Morgan fingerprint density at radius 2 is 2.35 bits per heavy atom. The van der Waals surface area contributed by atoms with Crippen molar-refractivity contribution in [3.8, 4) is 0 Å². The SMILES string of the molecule is CNc1ccc2c(c1)N(CC(=O)O)C(=O)CS2. The van der Waals surface area contributed by atoms with Gasteiger partial charge in [-0.15, -0.1) is 11.8 Å². The van der Waals surface area contributed by atoms with Crippen LogP contribution < -0.4 is 10.2 Å². The lowest BCUT2D eigenvalue weighted by Gasteiger charge is -2.28. The molecule has 1 aliphatic rings. The number of nitrogens with zero attached hydrogens (tertiary/aromatic N) is 1. The molecule has 90 valence electrons. The molecule has 0 unspecified atom stereocenters. The molecule has 6 heteroatoms. The lowest BCUT2D eigenvalue weighted by Crippen LogP contribution is -2.39. The van der Waals surface area contributed by atoms with E-state index in [0.717, 1.165) is 10.6 Å². The van der Waals surface area contributed by atoms with Crippen molar-refractivity contribution in [2.75, 3.05) is 29.6 Å². The molecule has 0 atom stereocenters. The molecule has 0 radical (unpaired) electrons. The van der Waals surface area contributed by atoms with E-state index in [9.17, 15) is 9.59 Å². The van der Waals surface area contributed by atoms with Crippen molar-refractivity contribution >= 4 is 35.0 Å². The highest BCUT2D eigenvalue weighted by molar-refractivity contribution is 8.00. The van der Waals surface area contributed by atoms with Gasteiger partial charge in [0, 0.05) is 17.6 Å². The minimum Gasteiger partial charge on any atom is -0.480 e. The number of thioether (sulfide) groups is 1. The van der Waals surface area contributed by atoms with E-state index in [1.807, 2.05) is 12.1 Å². The highest BCUT2D eigenvalue weighted by atomic mass is 32.2. The molecular weight excluding hydrogens is 240 g/mol. The standard InChI is InChI=1S/C11H12N2O3S/c1-12-7-2-3-9-8(4-7)13(5-11(15)16)10(14)6-17-9/h2-4,12H,5-6H2,1H3,(H,15,16). The van der Waals surface area contributed by atoms with Gasteiger partial charge in [0.05, 0.1) is 11.4 Å². The molecule has 0 bridgehead atoms. The molecule has 0 aliphatic carbocycles. The zero-order valence-corrected chi connectivity index (χ0v) is 10.1. The van der Waals surface area contributed by atoms with Crippen LogP contribution in [0.4, 0.5) is 11.4 Å². The average Bonchev–Trinajstić information content (AvgIpc) is 2.32. The molecule has 1 heterocycles. The van der Waals surface area contributed by atoms with Crippen LogP contribution in [-0.2, 0) is 9.59 Å². The number of rotatable bonds is 3. The summed E-state index contributed by atoms with van der Waals surface area (Å²) in [6.07, 6.45) is 0. The Morgan fingerprint density at radius 1 is 1.59 bits per heavy atom. The van der Waals surface area contributed by atoms with Gasteiger partial charge in [-0.1, -0.05) is 0 Å². The third-order valence-corrected chi connectivity index (χ3v) is 3.53. The minimum absolute atomic E-state index is 0.168. The number of carbonyl (C=O) groups is 2. The van der Waals surface area contributed by atoms with Gasteiger partial charge in [-0.05, 0) is 18.2 Å². The fourth-order valence-corrected chi connectivity index (χ4v) is 2.58. The third-order valence-electron chi connectivity index (χ3n) is 2.48. The predicted octanol–water partition coefficient (Wildman–Crippen LogP) is 1.25. The summed E-state index contributed by atoms with van der Waals surface area (Å²) < 4.78 is 0. The number of fused-ring (bicyclic) bond motifs is 1. The summed E-state index contributed by atoms with van der Waals surface area (Å²) in [5, 5.41) is 11.8. The Morgan fingerprint density at radius 3 is 3.00 bits per heavy atom. The lowest BCUT2D eigenvalue weighted by molar-refractivity contribution is -0.136. The van der Waals surface area contributed by atoms with Gasteiger partial charge in [0.15, 0.2) is 0 Å². The van der Waals surface area contributed by atoms with Crippen molar-refractivity contribution in [1.82, 2.24) is 0 Å². The van der Waals surface area contributed by atoms with E-state index in [2.05, 4.69) is 5.32 Å². The van der Waals surface area contributed by atoms with Crippen molar-refractivity contribution < 1.29 is 14.7 Å². The number of carbonyl (C=O) groups excluding carboxylic acids is 1. The first-order valence-electron chi connectivity index (χ1n) is 5.08. The average molecular weight is 252 g/mol. The van der Waals surface area contributed by atoms with Crippen LogP contribution in [0, 0.1) is 0 Å². The Labute approximate surface area is 103 Å². The number of hydrogen-bond acceptors (Lipinski definition) is 4. The molecule has 2 N–H and O–H groups in total. The Bertz CT molecular complexity index is 476. The number of amides is 1. The van der Waals surface area contributed by atoms with Gasteiger partial charge in [-0.2, -0.15) is 0 Å². The summed E-state index contributed by atoms with van der Waals surface area (Å²) in [5.41, 5.74) is 1.52. The summed E-state index contributed by atoms with van der Waals surface area (Å²) in [6.45, 7) is -0.292. The Hall–Kier alpha value is -1.69. The summed E-state index contributed by atoms with van der Waals surface area (Å²) in [5.74, 6) is -0.886. The van der Waals surface area contributed by atoms with E-state index in [0.29, 0.717) is 11.4 Å². The van der Waals surface area contributed by atoms with Crippen LogP contribution in [0.3, 0.4) is 0 Å². The quantitative estimate of drug-likeness (QED) is 0.847. The fourth-order valence-electron chi connectivity index (χ4n) is 1.67. The molecule has 0 fully saturated rings. The molecular formula is C11H12N2O3S. The number of carboxylic acids is 1. The van der Waals surface area contributed by atoms with E-state index < -0.39 is 5.97 Å². The largest absolute Gasteiger partial charge is 0.480 e. The van der Waals surface area contributed by atoms with Crippen molar-refractivity contribution in [3.05, 3.63) is 18.2 Å². The predicted molar refractivity (Wildman–Crippen MR) is 66.7 cm³/mol. The highest BCUT2D eigenvalue weighted by Gasteiger charge is 2.26. The van der Waals surface area contributed by atoms with Gasteiger partial charge >= 0.3 is 5.97 Å². The third kappa shape index (κ3) is 2.36. The highest BCUT2D eigenvalue weighted by Crippen LogP contribution is 2.36. The molecule has 5 nitrogen and oxygen atoms in total. The number of nitrogens with one attached hydrogen (secondary N) is 1. The lowest BCUT2D eigenvalue weighted by atomic mass is 10.2. The number of benzene rings is 1. The summed E-state index contributed by atoms with van der Waals surface area (Å²) in [7, 11) is 1.78. The topological polar surface area (TPSA) is 69.6 Å². The maximum Gasteiger partial charge on any atom is 0.323 e. The minimum atomic E-state index is -1.01. The van der Waals surface area contributed by atoms with Gasteiger partial charge in [0.25, 0.3) is 0 Å². The number of carboxylic acid groups (broad SMARTS) is 1. The second-order valence-corrected chi connectivity index (χ2v) is 4.61. The molecule has 0 saturated heterocycles. The molecule has 1 aliphatic heterocycles. The van der Waals surface area contributed by atoms with Crippen molar-refractivity contribution in [2.24, 2.45) is 0 Å². The number of anilines is 2. The number of aliphatic carboxylic acids is 1. The molecule has 0 saturated carbocycles. The maximum absolute atomic E-state index is 11.7. The Kier molecular flexibility index (Phi) is 3.23. The summed E-state index contributed by atoms with van der Waals surface area (Å²) in [6, 6.07) is 5.59. The zero-order valence-electron chi connectivity index (χ0n) is 9.27. The molecule has 17 heavy (non-hydrogen) atoms. The van der Waals surface area contributed by atoms with E-state index in [-0.39, 0.29) is 12.5 Å². The normalized spacial score (nSPS) is 14.4. The van der Waals surface area contributed by atoms with Crippen molar-refractivity contribution in [1.29, 1.82) is 0 Å². The van der Waals surface area contributed by atoms with E-state index in [4.69, 9.17) is 5.11 Å². The molecule has 2 rings (SSSR count). The Balaban J connectivity index is 2.41. The maximum atomic E-state index is 11.7. The van der Waals surface area contributed by atoms with Crippen LogP contribution >= 0.6 is 11.8 Å². The van der Waals surface area contributed by atoms with Crippen LogP contribution in [0.1, 0.15) is 0 Å². The zero-order chi connectivity index (χ0) is 12.4. The number of hydrogen-bond donors (Lipinski definition) is 2. The monoisotopic (exact) mass is 252 g/mol. The van der Waals surface area contributed by atoms with Crippen LogP contribution in [-0.4, -0.2) is 36.3 Å². The van der Waals surface area contributed by atoms with Gasteiger partial charge in [0.2, 0.25) is 5.91 Å². The second kappa shape index (κ2) is 4.67. The van der Waals surface area contributed by atoms with E-state index in [1.165, 1.54) is 16.7 Å². The molecule has 0 aromatic heterocycles. The van der Waals surface area contributed by atoms with Crippen LogP contribution in [0.25, 0.3) is 0 Å². The van der Waals surface area contributed by atoms with Gasteiger partial charge < -0.3 is 10.4 Å². The molecule has 1 aromatic carbocycles. The van der Waals surface area contributed by atoms with Gasteiger partial charge in [0.1, 0.15) is 6.54 Å². The molecule has 1 amide bonds. The van der Waals surface area contributed by atoms with E-state index in [1.54, 1.807) is 13.1 Å².